The molecule has 0 amide bonds. The Labute approximate surface area is 307 Å². The predicted molar refractivity (Wildman–Crippen MR) is 185 cm³/mol. The topological polar surface area (TPSA) is 127 Å². The maximum atomic E-state index is 13.5. The van der Waals surface area contributed by atoms with Crippen LogP contribution in [0.2, 0.25) is 0 Å². The van der Waals surface area contributed by atoms with Gasteiger partial charge in [0.25, 0.3) is 0 Å². The molecule has 8 unspecified atom stereocenters. The van der Waals surface area contributed by atoms with Crippen LogP contribution >= 0.6 is 0 Å². The van der Waals surface area contributed by atoms with E-state index in [1.165, 1.54) is 13.8 Å². The first-order valence-corrected chi connectivity index (χ1v) is 21.3. The highest BCUT2D eigenvalue weighted by molar-refractivity contribution is 7.90. The maximum Gasteiger partial charge on any atom is 0.511 e. The fourth-order valence-corrected chi connectivity index (χ4v) is 15.3. The van der Waals surface area contributed by atoms with E-state index in [9.17, 15) is 31.8 Å². The number of ether oxygens (including phenoxy) is 4. The van der Waals surface area contributed by atoms with Gasteiger partial charge in [-0.25, -0.2) is 8.42 Å². The average Bonchev–Trinajstić information content (AvgIpc) is 3.64. The lowest BCUT2D eigenvalue weighted by Crippen LogP contribution is -2.61. The molecule has 0 radical (unpaired) electrons. The van der Waals surface area contributed by atoms with Gasteiger partial charge >= 0.3 is 15.5 Å². The third-order valence-electron chi connectivity index (χ3n) is 17.0. The van der Waals surface area contributed by atoms with E-state index >= 15 is 0 Å². The Hall–Kier alpha value is -0.580. The molecule has 14 atom stereocenters. The number of hydrogen-bond acceptors (Lipinski definition) is 9. The summed E-state index contributed by atoms with van der Waals surface area (Å²) in [6.07, 6.45) is 4.74. The van der Waals surface area contributed by atoms with Crippen LogP contribution in [0.15, 0.2) is 0 Å². The van der Waals surface area contributed by atoms with Crippen LogP contribution in [-0.4, -0.2) is 110 Å². The summed E-state index contributed by atoms with van der Waals surface area (Å²) in [5.74, 6) is 0.603. The van der Waals surface area contributed by atoms with Crippen LogP contribution in [0.25, 0.3) is 0 Å². The van der Waals surface area contributed by atoms with Gasteiger partial charge in [-0.2, -0.15) is 17.9 Å². The third-order valence-corrected chi connectivity index (χ3v) is 18.2. The number of hydrogen-bond donors (Lipinski definition) is 3. The normalized spacial score (nSPS) is 49.8. The summed E-state index contributed by atoms with van der Waals surface area (Å²) in [7, 11) is -5.76. The molecule has 3 N–H and O–H groups in total. The van der Waals surface area contributed by atoms with Gasteiger partial charge in [-0.1, -0.05) is 34.6 Å². The molecular formula is C38H61F3N2O8S. The van der Waals surface area contributed by atoms with Crippen LogP contribution in [-0.2, 0) is 29.0 Å². The second kappa shape index (κ2) is 12.0. The molecular weight excluding hydrogens is 701 g/mol. The first-order chi connectivity index (χ1) is 24.0. The number of sulfonamides is 1. The van der Waals surface area contributed by atoms with Crippen LogP contribution < -0.4 is 4.72 Å². The van der Waals surface area contributed by atoms with Crippen LogP contribution in [0.1, 0.15) is 99.8 Å². The zero-order valence-electron chi connectivity index (χ0n) is 31.9. The van der Waals surface area contributed by atoms with Crippen LogP contribution in [0.3, 0.4) is 0 Å². The average molecular weight is 763 g/mol. The van der Waals surface area contributed by atoms with Gasteiger partial charge in [-0.3, -0.25) is 4.90 Å². The summed E-state index contributed by atoms with van der Waals surface area (Å²) in [5, 5.41) is 23.6. The van der Waals surface area contributed by atoms with Gasteiger partial charge in [0.2, 0.25) is 0 Å². The number of rotatable bonds is 7. The van der Waals surface area contributed by atoms with Gasteiger partial charge in [0.05, 0.1) is 68.5 Å². The minimum atomic E-state index is -5.76. The van der Waals surface area contributed by atoms with Crippen molar-refractivity contribution in [3.05, 3.63) is 0 Å². The lowest BCUT2D eigenvalue weighted by Gasteiger charge is -2.64. The molecule has 3 heterocycles. The summed E-state index contributed by atoms with van der Waals surface area (Å²) in [4.78, 5) is 2.44. The van der Waals surface area contributed by atoms with Gasteiger partial charge in [0, 0.05) is 12.0 Å². The van der Waals surface area contributed by atoms with E-state index in [2.05, 4.69) is 39.5 Å². The standard InChI is InChI=1S/C38H61F3N2O8S/c1-21-16-23(30(33(4,5)45)42-52(46,47)38(39,40)41)50-29-28(21)34(6)12-13-37-20-36(37)11-10-26(51-27-17-43(14-15-49-27)22-18-48-19-22)32(2,3)24(36)8-9-25(37)35(34,7)31(29)44/h21-31,42,44-45H,8-20H2,1-7H3/t21-,23?,24+,25?,26?,27+,28+,29?,30?,31+,34?,35-,36?,37?/m1/s1. The number of aliphatic hydroxyl groups excluding tert-OH is 1. The van der Waals surface area contributed by atoms with Gasteiger partial charge in [0.1, 0.15) is 0 Å². The van der Waals surface area contributed by atoms with Crippen molar-refractivity contribution in [1.29, 1.82) is 0 Å². The molecule has 8 fully saturated rings. The molecule has 52 heavy (non-hydrogen) atoms. The van der Waals surface area contributed by atoms with E-state index < -0.39 is 50.9 Å². The van der Waals surface area contributed by atoms with E-state index in [4.69, 9.17) is 18.9 Å². The Bertz CT molecular complexity index is 1520. The summed E-state index contributed by atoms with van der Waals surface area (Å²) in [6.45, 7) is 17.9. The molecule has 0 bridgehead atoms. The lowest BCUT2D eigenvalue weighted by molar-refractivity contribution is -0.256. The van der Waals surface area contributed by atoms with Crippen molar-refractivity contribution < 1.29 is 50.7 Å². The lowest BCUT2D eigenvalue weighted by atomic mass is 9.41. The summed E-state index contributed by atoms with van der Waals surface area (Å²) >= 11 is 0. The Kier molecular flexibility index (Phi) is 8.82. The molecule has 5 saturated carbocycles. The minimum absolute atomic E-state index is 0.0530. The molecule has 0 aromatic rings. The molecule has 2 spiro atoms. The largest absolute Gasteiger partial charge is 0.511 e. The van der Waals surface area contributed by atoms with Gasteiger partial charge in [-0.05, 0) is 111 Å². The molecule has 3 saturated heterocycles. The second-order valence-electron chi connectivity index (χ2n) is 19.9. The van der Waals surface area contributed by atoms with Gasteiger partial charge in [0.15, 0.2) is 6.29 Å². The number of aliphatic hydroxyl groups is 2. The molecule has 8 rings (SSSR count). The SMILES string of the molecule is C[C@@H]1CC(C(NS(=O)(=O)C(F)(F)F)C(C)(C)O)OC2[C@H]1C1(C)CCC34CC35CCC(O[C@H]3CN(C6COC6)CCO3)C(C)(C)[C@@H]5CCC4[C@]1(C)[C@H]2O. The molecule has 0 aromatic heterocycles. The molecule has 10 nitrogen and oxygen atoms in total. The van der Waals surface area contributed by atoms with Crippen LogP contribution in [0.5, 0.6) is 0 Å². The minimum Gasteiger partial charge on any atom is -0.390 e. The Morgan fingerprint density at radius 1 is 1.00 bits per heavy atom. The van der Waals surface area contributed by atoms with E-state index in [0.29, 0.717) is 18.6 Å². The van der Waals surface area contributed by atoms with Crippen molar-refractivity contribution in [2.75, 3.05) is 32.9 Å². The van der Waals surface area contributed by atoms with E-state index in [1.807, 2.05) is 0 Å². The molecule has 3 aliphatic heterocycles. The fourth-order valence-electron chi connectivity index (χ4n) is 14.3. The van der Waals surface area contributed by atoms with E-state index in [0.717, 1.165) is 71.2 Å². The maximum absolute atomic E-state index is 13.5. The highest BCUT2D eigenvalue weighted by atomic mass is 32.2. The fraction of sp³-hybridized carbons (Fsp3) is 1.00. The number of fused-ring (bicyclic) bond motifs is 4. The molecule has 8 aliphatic rings. The molecule has 5 aliphatic carbocycles. The molecule has 14 heteroatoms. The van der Waals surface area contributed by atoms with E-state index in [1.54, 1.807) is 4.72 Å². The highest BCUT2D eigenvalue weighted by Crippen LogP contribution is 2.89. The van der Waals surface area contributed by atoms with Crippen molar-refractivity contribution >= 4 is 10.0 Å². The third kappa shape index (κ3) is 5.19. The molecule has 0 aromatic carbocycles. The smallest absolute Gasteiger partial charge is 0.390 e. The Morgan fingerprint density at radius 3 is 2.31 bits per heavy atom. The first kappa shape index (κ1) is 38.3. The van der Waals surface area contributed by atoms with Crippen molar-refractivity contribution in [2.24, 2.45) is 50.7 Å². The zero-order valence-corrected chi connectivity index (χ0v) is 32.7. The van der Waals surface area contributed by atoms with Gasteiger partial charge < -0.3 is 29.2 Å². The number of nitrogens with zero attached hydrogens (tertiary/aromatic N) is 1. The number of alkyl halides is 3. The van der Waals surface area contributed by atoms with Gasteiger partial charge in [-0.15, -0.1) is 0 Å². The van der Waals surface area contributed by atoms with Crippen LogP contribution in [0.4, 0.5) is 13.2 Å². The summed E-state index contributed by atoms with van der Waals surface area (Å²) < 4.78 is 91.9. The highest BCUT2D eigenvalue weighted by Gasteiger charge is 2.84. The second-order valence-corrected chi connectivity index (χ2v) is 21.6. The van der Waals surface area contributed by atoms with Crippen LogP contribution in [0, 0.1) is 50.7 Å². The number of nitrogens with one attached hydrogen (secondary N) is 1. The Morgan fingerprint density at radius 2 is 1.67 bits per heavy atom. The first-order valence-electron chi connectivity index (χ1n) is 19.8. The van der Waals surface area contributed by atoms with Crippen molar-refractivity contribution in [1.82, 2.24) is 9.62 Å². The Balaban J connectivity index is 1.03. The number of morpholine rings is 1. The monoisotopic (exact) mass is 762 g/mol. The van der Waals surface area contributed by atoms with Crippen molar-refractivity contribution in [3.63, 3.8) is 0 Å². The van der Waals surface area contributed by atoms with Crippen molar-refractivity contribution in [2.45, 2.75) is 154 Å². The summed E-state index contributed by atoms with van der Waals surface area (Å²) in [5.41, 5.74) is -7.95. The van der Waals surface area contributed by atoms with E-state index in [-0.39, 0.29) is 58.2 Å². The van der Waals surface area contributed by atoms with Crippen molar-refractivity contribution in [3.8, 4) is 0 Å². The quantitative estimate of drug-likeness (QED) is 0.335. The summed E-state index contributed by atoms with van der Waals surface area (Å²) in [6, 6.07) is -1.10. The zero-order chi connectivity index (χ0) is 37.7. The number of halogens is 3. The molecule has 298 valence electrons. The predicted octanol–water partition coefficient (Wildman–Crippen LogP) is 4.82.